The average molecular weight is 327 g/mol. The molecule has 0 heterocycles. The Labute approximate surface area is 128 Å². The smallest absolute Gasteiger partial charge is 0.261 e. The zero-order chi connectivity index (χ0) is 15.5. The van der Waals surface area contributed by atoms with Gasteiger partial charge < -0.3 is 10.5 Å². The van der Waals surface area contributed by atoms with E-state index in [1.54, 1.807) is 12.1 Å². The Bertz CT molecular complexity index is 730. The predicted octanol–water partition coefficient (Wildman–Crippen LogP) is 3.12. The number of sulfonamides is 1. The molecule has 0 saturated carbocycles. The summed E-state index contributed by atoms with van der Waals surface area (Å²) in [7, 11) is -3.68. The van der Waals surface area contributed by atoms with E-state index in [-0.39, 0.29) is 4.90 Å². The van der Waals surface area contributed by atoms with Crippen LogP contribution in [-0.4, -0.2) is 15.0 Å². The summed E-state index contributed by atoms with van der Waals surface area (Å²) in [4.78, 5) is 0.127. The van der Waals surface area contributed by atoms with E-state index in [9.17, 15) is 8.42 Å². The second-order valence-electron chi connectivity index (χ2n) is 4.25. The number of nitrogens with two attached hydrogens (primary N) is 1. The third-order valence-electron chi connectivity index (χ3n) is 2.67. The molecule has 3 N–H and O–H groups in total. The van der Waals surface area contributed by atoms with Gasteiger partial charge in [-0.25, -0.2) is 8.42 Å². The van der Waals surface area contributed by atoms with Crippen molar-refractivity contribution in [2.75, 3.05) is 17.1 Å². The highest BCUT2D eigenvalue weighted by Gasteiger charge is 2.14. The first-order valence-corrected chi connectivity index (χ1v) is 8.09. The van der Waals surface area contributed by atoms with E-state index >= 15 is 0 Å². The van der Waals surface area contributed by atoms with Crippen molar-refractivity contribution in [3.63, 3.8) is 0 Å². The minimum Gasteiger partial charge on any atom is -0.492 e. The number of rotatable bonds is 5. The number of nitrogens with one attached hydrogen (secondary N) is 1. The summed E-state index contributed by atoms with van der Waals surface area (Å²) in [6.07, 6.45) is 0. The van der Waals surface area contributed by atoms with Crippen LogP contribution < -0.4 is 15.2 Å². The van der Waals surface area contributed by atoms with E-state index in [1.165, 1.54) is 30.3 Å². The number of hydrogen-bond acceptors (Lipinski definition) is 4. The summed E-state index contributed by atoms with van der Waals surface area (Å²) >= 11 is 6.03. The zero-order valence-electron chi connectivity index (χ0n) is 11.3. The maximum atomic E-state index is 12.2. The Morgan fingerprint density at radius 2 is 1.86 bits per heavy atom. The third kappa shape index (κ3) is 3.80. The summed E-state index contributed by atoms with van der Waals surface area (Å²) in [5.74, 6) is 0.509. The van der Waals surface area contributed by atoms with E-state index in [4.69, 9.17) is 22.1 Å². The van der Waals surface area contributed by atoms with Crippen LogP contribution in [0, 0.1) is 0 Å². The van der Waals surface area contributed by atoms with Gasteiger partial charge in [-0.3, -0.25) is 4.72 Å². The second-order valence-corrected chi connectivity index (χ2v) is 6.34. The Kier molecular flexibility index (Phi) is 4.59. The highest BCUT2D eigenvalue weighted by Crippen LogP contribution is 2.28. The number of anilines is 2. The van der Waals surface area contributed by atoms with Gasteiger partial charge in [0, 0.05) is 5.69 Å². The van der Waals surface area contributed by atoms with Gasteiger partial charge in [0.25, 0.3) is 10.0 Å². The van der Waals surface area contributed by atoms with Crippen LogP contribution in [0.15, 0.2) is 47.4 Å². The quantitative estimate of drug-likeness (QED) is 0.827. The molecule has 2 aromatic carbocycles. The average Bonchev–Trinajstić information content (AvgIpc) is 2.42. The molecule has 0 spiro atoms. The van der Waals surface area contributed by atoms with Crippen molar-refractivity contribution in [3.05, 3.63) is 47.5 Å². The van der Waals surface area contributed by atoms with Crippen molar-refractivity contribution in [2.24, 2.45) is 0 Å². The first-order chi connectivity index (χ1) is 9.92. The summed E-state index contributed by atoms with van der Waals surface area (Å²) in [6, 6.07) is 10.6. The zero-order valence-corrected chi connectivity index (χ0v) is 12.9. The lowest BCUT2D eigenvalue weighted by Gasteiger charge is -2.11. The van der Waals surface area contributed by atoms with Crippen molar-refractivity contribution < 1.29 is 13.2 Å². The molecule has 0 unspecified atom stereocenters. The summed E-state index contributed by atoms with van der Waals surface area (Å²) in [6.45, 7) is 2.32. The van der Waals surface area contributed by atoms with E-state index in [2.05, 4.69) is 4.72 Å². The first-order valence-electron chi connectivity index (χ1n) is 6.23. The minimum atomic E-state index is -3.68. The molecule has 0 fully saturated rings. The minimum absolute atomic E-state index is 0.127. The van der Waals surface area contributed by atoms with Gasteiger partial charge in [-0.1, -0.05) is 11.6 Å². The molecule has 5 nitrogen and oxygen atoms in total. The maximum Gasteiger partial charge on any atom is 0.261 e. The SMILES string of the molecule is CCOc1ccc(NS(=O)(=O)c2ccc(N)cc2)cc1Cl. The van der Waals surface area contributed by atoms with Gasteiger partial charge in [0.2, 0.25) is 0 Å². The number of nitrogen functional groups attached to an aromatic ring is 1. The molecule has 0 aliphatic rings. The summed E-state index contributed by atoms with van der Waals surface area (Å²) in [5, 5.41) is 0.342. The molecule has 112 valence electrons. The van der Waals surface area contributed by atoms with Crippen molar-refractivity contribution in [3.8, 4) is 5.75 Å². The normalized spacial score (nSPS) is 11.1. The van der Waals surface area contributed by atoms with Crippen LogP contribution in [0.3, 0.4) is 0 Å². The van der Waals surface area contributed by atoms with Crippen LogP contribution in [0.2, 0.25) is 5.02 Å². The Morgan fingerprint density at radius 1 is 1.19 bits per heavy atom. The number of hydrogen-bond donors (Lipinski definition) is 2. The lowest BCUT2D eigenvalue weighted by atomic mass is 10.3. The van der Waals surface area contributed by atoms with E-state index in [0.29, 0.717) is 28.8 Å². The standard InChI is InChI=1S/C14H15ClN2O3S/c1-2-20-14-8-5-11(9-13(14)15)17-21(18,19)12-6-3-10(16)4-7-12/h3-9,17H,2,16H2,1H3. The monoisotopic (exact) mass is 326 g/mol. The van der Waals surface area contributed by atoms with Crippen LogP contribution >= 0.6 is 11.6 Å². The summed E-state index contributed by atoms with van der Waals surface area (Å²) in [5.41, 5.74) is 6.40. The highest BCUT2D eigenvalue weighted by atomic mass is 35.5. The van der Waals surface area contributed by atoms with Crippen LogP contribution in [0.4, 0.5) is 11.4 Å². The largest absolute Gasteiger partial charge is 0.492 e. The number of benzene rings is 2. The number of ether oxygens (including phenoxy) is 1. The van der Waals surface area contributed by atoms with E-state index < -0.39 is 10.0 Å². The molecular formula is C14H15ClN2O3S. The van der Waals surface area contributed by atoms with Crippen molar-refractivity contribution in [1.29, 1.82) is 0 Å². The molecule has 0 aromatic heterocycles. The molecule has 21 heavy (non-hydrogen) atoms. The van der Waals surface area contributed by atoms with Gasteiger partial charge in [0.15, 0.2) is 0 Å². The molecule has 0 bridgehead atoms. The fourth-order valence-electron chi connectivity index (χ4n) is 1.70. The highest BCUT2D eigenvalue weighted by molar-refractivity contribution is 7.92. The lowest BCUT2D eigenvalue weighted by molar-refractivity contribution is 0.340. The number of halogens is 1. The third-order valence-corrected chi connectivity index (χ3v) is 4.37. The first kappa shape index (κ1) is 15.5. The molecule has 0 atom stereocenters. The molecule has 7 heteroatoms. The Balaban J connectivity index is 2.24. The molecule has 0 aliphatic heterocycles. The molecule has 0 radical (unpaired) electrons. The van der Waals surface area contributed by atoms with E-state index in [0.717, 1.165) is 0 Å². The molecule has 0 amide bonds. The molecule has 2 aromatic rings. The fourth-order valence-corrected chi connectivity index (χ4v) is 2.98. The lowest BCUT2D eigenvalue weighted by Crippen LogP contribution is -2.13. The molecule has 0 saturated heterocycles. The van der Waals surface area contributed by atoms with Gasteiger partial charge >= 0.3 is 0 Å². The molecule has 0 aliphatic carbocycles. The van der Waals surface area contributed by atoms with Crippen LogP contribution in [0.1, 0.15) is 6.92 Å². The summed E-state index contributed by atoms with van der Waals surface area (Å²) < 4.78 is 32.2. The van der Waals surface area contributed by atoms with E-state index in [1.807, 2.05) is 6.92 Å². The Hall–Kier alpha value is -1.92. The molecular weight excluding hydrogens is 312 g/mol. The van der Waals surface area contributed by atoms with Gasteiger partial charge in [0.1, 0.15) is 5.75 Å². The molecule has 2 rings (SSSR count). The van der Waals surface area contributed by atoms with Gasteiger partial charge in [-0.2, -0.15) is 0 Å². The van der Waals surface area contributed by atoms with Crippen LogP contribution in [0.5, 0.6) is 5.75 Å². The Morgan fingerprint density at radius 3 is 2.43 bits per heavy atom. The topological polar surface area (TPSA) is 81.4 Å². The maximum absolute atomic E-state index is 12.2. The van der Waals surface area contributed by atoms with Crippen molar-refractivity contribution in [2.45, 2.75) is 11.8 Å². The van der Waals surface area contributed by atoms with Crippen molar-refractivity contribution >= 4 is 33.0 Å². The second kappa shape index (κ2) is 6.24. The van der Waals surface area contributed by atoms with Crippen molar-refractivity contribution in [1.82, 2.24) is 0 Å². The van der Waals surface area contributed by atoms with Gasteiger partial charge in [-0.15, -0.1) is 0 Å². The fraction of sp³-hybridized carbons (Fsp3) is 0.143. The van der Waals surface area contributed by atoms with Crippen LogP contribution in [0.25, 0.3) is 0 Å². The van der Waals surface area contributed by atoms with Gasteiger partial charge in [-0.05, 0) is 49.4 Å². The van der Waals surface area contributed by atoms with Crippen LogP contribution in [-0.2, 0) is 10.0 Å². The predicted molar refractivity (Wildman–Crippen MR) is 84.3 cm³/mol. The van der Waals surface area contributed by atoms with Gasteiger partial charge in [0.05, 0.1) is 22.2 Å².